The lowest BCUT2D eigenvalue weighted by molar-refractivity contribution is -0.113. The minimum Gasteiger partial charge on any atom is -0.504 e. The Morgan fingerprint density at radius 2 is 1.83 bits per heavy atom. The molecule has 0 radical (unpaired) electrons. The lowest BCUT2D eigenvalue weighted by Gasteiger charge is -2.18. The van der Waals surface area contributed by atoms with E-state index in [1.165, 1.54) is 47.0 Å². The van der Waals surface area contributed by atoms with Gasteiger partial charge in [0.05, 0.1) is 12.3 Å². The Morgan fingerprint density at radius 1 is 1.09 bits per heavy atom. The van der Waals surface area contributed by atoms with Gasteiger partial charge in [0, 0.05) is 5.75 Å². The SMILES string of the molecule is CCOc1cc(/C=C2\N=C(SCc3ccccc3)N(c3ccc(OC(F)F)cc3)C2=O)ccc1O. The average Bonchev–Trinajstić information content (AvgIpc) is 3.15. The maximum Gasteiger partial charge on any atom is 0.387 e. The number of amides is 1. The van der Waals surface area contributed by atoms with Crippen LogP contribution in [0.2, 0.25) is 0 Å². The number of hydrogen-bond donors (Lipinski definition) is 1. The standard InChI is InChI=1S/C26H22F2N2O4S/c1-2-33-23-15-18(8-13-22(23)31)14-21-24(32)30(19-9-11-20(12-10-19)34-25(27)28)26(29-21)35-16-17-6-4-3-5-7-17/h3-15,25,31H,2,16H2,1H3/b21-14-. The predicted molar refractivity (Wildman–Crippen MR) is 133 cm³/mol. The van der Waals surface area contributed by atoms with Gasteiger partial charge in [-0.1, -0.05) is 48.2 Å². The first-order valence-electron chi connectivity index (χ1n) is 10.8. The van der Waals surface area contributed by atoms with Gasteiger partial charge in [-0.05, 0) is 60.5 Å². The van der Waals surface area contributed by atoms with Crippen LogP contribution in [0.25, 0.3) is 6.08 Å². The molecule has 1 aliphatic heterocycles. The molecule has 0 bridgehead atoms. The predicted octanol–water partition coefficient (Wildman–Crippen LogP) is 6.07. The first kappa shape index (κ1) is 24.3. The Morgan fingerprint density at radius 3 is 2.51 bits per heavy atom. The summed E-state index contributed by atoms with van der Waals surface area (Å²) in [7, 11) is 0. The maximum atomic E-state index is 13.4. The molecule has 180 valence electrons. The number of phenolic OH excluding ortho intramolecular Hbond substituents is 1. The van der Waals surface area contributed by atoms with Crippen molar-refractivity contribution in [2.24, 2.45) is 4.99 Å². The Balaban J connectivity index is 1.65. The number of ether oxygens (including phenoxy) is 2. The van der Waals surface area contributed by atoms with Gasteiger partial charge in [-0.3, -0.25) is 9.69 Å². The normalized spacial score (nSPS) is 14.5. The van der Waals surface area contributed by atoms with Gasteiger partial charge in [0.2, 0.25) is 0 Å². The van der Waals surface area contributed by atoms with Gasteiger partial charge in [-0.25, -0.2) is 4.99 Å². The largest absolute Gasteiger partial charge is 0.504 e. The molecule has 0 fully saturated rings. The van der Waals surface area contributed by atoms with Crippen LogP contribution in [0.5, 0.6) is 17.2 Å². The second kappa shape index (κ2) is 11.1. The summed E-state index contributed by atoms with van der Waals surface area (Å²) >= 11 is 1.39. The van der Waals surface area contributed by atoms with Gasteiger partial charge in [-0.2, -0.15) is 8.78 Å². The number of rotatable bonds is 8. The summed E-state index contributed by atoms with van der Waals surface area (Å²) in [4.78, 5) is 19.4. The minimum atomic E-state index is -2.94. The molecular formula is C26H22F2N2O4S. The zero-order valence-corrected chi connectivity index (χ0v) is 19.5. The van der Waals surface area contributed by atoms with Crippen LogP contribution in [0.4, 0.5) is 14.5 Å². The molecule has 0 atom stereocenters. The Hall–Kier alpha value is -3.85. The number of carbonyl (C=O) groups excluding carboxylic acids is 1. The highest BCUT2D eigenvalue weighted by Gasteiger charge is 2.32. The number of benzene rings is 3. The molecule has 0 unspecified atom stereocenters. The summed E-state index contributed by atoms with van der Waals surface area (Å²) in [5.74, 6) is 0.517. The summed E-state index contributed by atoms with van der Waals surface area (Å²) in [6.07, 6.45) is 1.61. The van der Waals surface area contributed by atoms with Crippen LogP contribution in [0.3, 0.4) is 0 Å². The summed E-state index contributed by atoms with van der Waals surface area (Å²) < 4.78 is 34.9. The molecule has 0 saturated heterocycles. The first-order chi connectivity index (χ1) is 16.9. The number of halogens is 2. The molecule has 1 aliphatic rings. The van der Waals surface area contributed by atoms with Crippen molar-refractivity contribution >= 4 is 34.6 Å². The second-order valence-corrected chi connectivity index (χ2v) is 8.31. The van der Waals surface area contributed by atoms with Crippen LogP contribution in [-0.4, -0.2) is 29.4 Å². The number of thioether (sulfide) groups is 1. The quantitative estimate of drug-likeness (QED) is 0.383. The monoisotopic (exact) mass is 496 g/mol. The summed E-state index contributed by atoms with van der Waals surface area (Å²) in [6, 6.07) is 20.4. The lowest BCUT2D eigenvalue weighted by Crippen LogP contribution is -2.30. The molecule has 0 aliphatic carbocycles. The van der Waals surface area contributed by atoms with E-state index in [9.17, 15) is 18.7 Å². The third-order valence-electron chi connectivity index (χ3n) is 4.95. The molecular weight excluding hydrogens is 474 g/mol. The number of aromatic hydroxyl groups is 1. The van der Waals surface area contributed by atoms with Crippen molar-refractivity contribution in [3.05, 3.63) is 89.6 Å². The second-order valence-electron chi connectivity index (χ2n) is 7.37. The van der Waals surface area contributed by atoms with E-state index in [-0.39, 0.29) is 23.1 Å². The fourth-order valence-electron chi connectivity index (χ4n) is 3.37. The van der Waals surface area contributed by atoms with Crippen LogP contribution >= 0.6 is 11.8 Å². The molecule has 3 aromatic carbocycles. The van der Waals surface area contributed by atoms with Crippen molar-refractivity contribution in [1.82, 2.24) is 0 Å². The molecule has 0 saturated carbocycles. The molecule has 35 heavy (non-hydrogen) atoms. The molecule has 1 N–H and O–H groups in total. The number of amidine groups is 1. The van der Waals surface area contributed by atoms with Crippen LogP contribution in [-0.2, 0) is 10.5 Å². The van der Waals surface area contributed by atoms with Crippen LogP contribution in [0.1, 0.15) is 18.1 Å². The number of alkyl halides is 2. The molecule has 0 spiro atoms. The Kier molecular flexibility index (Phi) is 7.67. The number of nitrogens with zero attached hydrogens (tertiary/aromatic N) is 2. The van der Waals surface area contributed by atoms with Crippen LogP contribution in [0.15, 0.2) is 83.5 Å². The molecule has 4 rings (SSSR count). The molecule has 6 nitrogen and oxygen atoms in total. The van der Waals surface area contributed by atoms with Gasteiger partial charge in [-0.15, -0.1) is 0 Å². The van der Waals surface area contributed by atoms with E-state index >= 15 is 0 Å². The van der Waals surface area contributed by atoms with Crippen molar-refractivity contribution in [2.75, 3.05) is 11.5 Å². The molecule has 3 aromatic rings. The van der Waals surface area contributed by atoms with Crippen molar-refractivity contribution in [3.8, 4) is 17.2 Å². The minimum absolute atomic E-state index is 0.00193. The highest BCUT2D eigenvalue weighted by molar-refractivity contribution is 8.13. The average molecular weight is 497 g/mol. The Bertz CT molecular complexity index is 1250. The van der Waals surface area contributed by atoms with Crippen LogP contribution < -0.4 is 14.4 Å². The maximum absolute atomic E-state index is 13.4. The number of anilines is 1. The summed E-state index contributed by atoms with van der Waals surface area (Å²) in [6.45, 7) is -0.750. The highest BCUT2D eigenvalue weighted by atomic mass is 32.2. The third-order valence-corrected chi connectivity index (χ3v) is 5.96. The van der Waals surface area contributed by atoms with Gasteiger partial charge >= 0.3 is 6.61 Å². The van der Waals surface area contributed by atoms with Crippen molar-refractivity contribution in [2.45, 2.75) is 19.3 Å². The third kappa shape index (κ3) is 5.99. The number of phenols is 1. The zero-order chi connectivity index (χ0) is 24.8. The zero-order valence-electron chi connectivity index (χ0n) is 18.7. The number of aliphatic imine (C=N–C) groups is 1. The molecule has 9 heteroatoms. The van der Waals surface area contributed by atoms with Crippen molar-refractivity contribution in [3.63, 3.8) is 0 Å². The molecule has 1 amide bonds. The lowest BCUT2D eigenvalue weighted by atomic mass is 10.1. The fraction of sp³-hybridized carbons (Fsp3) is 0.154. The number of hydrogen-bond acceptors (Lipinski definition) is 6. The van der Waals surface area contributed by atoms with E-state index in [1.807, 2.05) is 30.3 Å². The highest BCUT2D eigenvalue weighted by Crippen LogP contribution is 2.33. The van der Waals surface area contributed by atoms with Gasteiger partial charge < -0.3 is 14.6 Å². The van der Waals surface area contributed by atoms with Crippen molar-refractivity contribution in [1.29, 1.82) is 0 Å². The first-order valence-corrected chi connectivity index (χ1v) is 11.8. The van der Waals surface area contributed by atoms with E-state index in [1.54, 1.807) is 25.1 Å². The van der Waals surface area contributed by atoms with Crippen molar-refractivity contribution < 1.29 is 28.2 Å². The van der Waals surface area contributed by atoms with E-state index in [2.05, 4.69) is 9.73 Å². The van der Waals surface area contributed by atoms with Gasteiger partial charge in [0.25, 0.3) is 5.91 Å². The van der Waals surface area contributed by atoms with E-state index in [0.717, 1.165) is 5.56 Å². The van der Waals surface area contributed by atoms with E-state index in [4.69, 9.17) is 4.74 Å². The van der Waals surface area contributed by atoms with E-state index in [0.29, 0.717) is 34.5 Å². The fourth-order valence-corrected chi connectivity index (χ4v) is 4.34. The smallest absolute Gasteiger partial charge is 0.387 e. The molecule has 0 aromatic heterocycles. The summed E-state index contributed by atoms with van der Waals surface area (Å²) in [5.41, 5.74) is 2.36. The topological polar surface area (TPSA) is 71.4 Å². The Labute approximate surface area is 205 Å². The molecule has 1 heterocycles. The number of carbonyl (C=O) groups is 1. The van der Waals surface area contributed by atoms with Gasteiger partial charge in [0.1, 0.15) is 11.4 Å². The van der Waals surface area contributed by atoms with Crippen LogP contribution in [0, 0.1) is 0 Å². The van der Waals surface area contributed by atoms with E-state index < -0.39 is 6.61 Å². The van der Waals surface area contributed by atoms with Gasteiger partial charge in [0.15, 0.2) is 16.7 Å². The summed E-state index contributed by atoms with van der Waals surface area (Å²) in [5, 5.41) is 10.4.